The zero-order valence-corrected chi connectivity index (χ0v) is 12.2. The smallest absolute Gasteiger partial charge is 0.304 e. The van der Waals surface area contributed by atoms with E-state index in [4.69, 9.17) is 14.2 Å². The fourth-order valence-electron chi connectivity index (χ4n) is 1.42. The van der Waals surface area contributed by atoms with Crippen molar-refractivity contribution in [3.63, 3.8) is 0 Å². The van der Waals surface area contributed by atoms with Crippen molar-refractivity contribution in [1.82, 2.24) is 0 Å². The van der Waals surface area contributed by atoms with Gasteiger partial charge in [0.1, 0.15) is 0 Å². The molecule has 1 aromatic rings. The van der Waals surface area contributed by atoms with Gasteiger partial charge in [0.05, 0.1) is 19.3 Å². The summed E-state index contributed by atoms with van der Waals surface area (Å²) in [6.45, 7) is 2.31. The Morgan fingerprint density at radius 3 is 2.68 bits per heavy atom. The lowest BCUT2D eigenvalue weighted by Gasteiger charge is -2.17. The van der Waals surface area contributed by atoms with Gasteiger partial charge in [0.2, 0.25) is 0 Å². The van der Waals surface area contributed by atoms with E-state index in [0.29, 0.717) is 13.2 Å². The Morgan fingerprint density at radius 1 is 1.32 bits per heavy atom. The summed E-state index contributed by atoms with van der Waals surface area (Å²) in [6, 6.07) is 10.00. The number of hydrogen-bond acceptors (Lipinski definition) is 5. The molecule has 4 nitrogen and oxygen atoms in total. The number of carbonyl (C=O) groups is 1. The van der Waals surface area contributed by atoms with Crippen LogP contribution in [0.25, 0.3) is 0 Å². The van der Waals surface area contributed by atoms with Crippen LogP contribution in [-0.2, 0) is 25.6 Å². The van der Waals surface area contributed by atoms with Gasteiger partial charge in [-0.25, -0.2) is 0 Å². The van der Waals surface area contributed by atoms with E-state index in [1.54, 1.807) is 11.8 Å². The van der Waals surface area contributed by atoms with E-state index in [0.717, 1.165) is 11.3 Å². The summed E-state index contributed by atoms with van der Waals surface area (Å²) in [5, 5.41) is 0. The van der Waals surface area contributed by atoms with Crippen LogP contribution in [0.2, 0.25) is 0 Å². The quantitative estimate of drug-likeness (QED) is 0.396. The van der Waals surface area contributed by atoms with Crippen LogP contribution in [0, 0.1) is 0 Å². The molecule has 106 valence electrons. The summed E-state index contributed by atoms with van der Waals surface area (Å²) >= 11 is 1.70. The van der Waals surface area contributed by atoms with Crippen LogP contribution in [0.5, 0.6) is 0 Å². The van der Waals surface area contributed by atoms with Crippen LogP contribution in [0.1, 0.15) is 12.5 Å². The SMILES string of the molecule is CSCC(COCOC(C)=O)OCc1ccccc1. The molecule has 0 saturated carbocycles. The number of ether oxygens (including phenoxy) is 3. The number of carbonyl (C=O) groups excluding carboxylic acids is 1. The van der Waals surface area contributed by atoms with Gasteiger partial charge < -0.3 is 14.2 Å². The summed E-state index contributed by atoms with van der Waals surface area (Å²) < 4.78 is 15.8. The maximum absolute atomic E-state index is 10.6. The molecule has 0 N–H and O–H groups in total. The Bertz CT molecular complexity index is 356. The maximum atomic E-state index is 10.6. The minimum absolute atomic E-state index is 0.00855. The largest absolute Gasteiger partial charge is 0.439 e. The number of thioether (sulfide) groups is 1. The van der Waals surface area contributed by atoms with Crippen molar-refractivity contribution >= 4 is 17.7 Å². The Morgan fingerprint density at radius 2 is 2.05 bits per heavy atom. The minimum atomic E-state index is -0.341. The monoisotopic (exact) mass is 284 g/mol. The van der Waals surface area contributed by atoms with E-state index in [9.17, 15) is 4.79 Å². The van der Waals surface area contributed by atoms with Crippen molar-refractivity contribution in [3.05, 3.63) is 35.9 Å². The molecule has 0 aliphatic carbocycles. The fourth-order valence-corrected chi connectivity index (χ4v) is 1.99. The maximum Gasteiger partial charge on any atom is 0.304 e. The molecule has 1 rings (SSSR count). The molecule has 0 bridgehead atoms. The molecular formula is C14H20O4S. The van der Waals surface area contributed by atoms with Gasteiger partial charge >= 0.3 is 5.97 Å². The second kappa shape index (κ2) is 9.83. The van der Waals surface area contributed by atoms with Gasteiger partial charge in [-0.05, 0) is 11.8 Å². The number of rotatable bonds is 9. The molecule has 0 radical (unpaired) electrons. The average Bonchev–Trinajstić information content (AvgIpc) is 2.41. The molecule has 0 fully saturated rings. The number of benzene rings is 1. The lowest BCUT2D eigenvalue weighted by atomic mass is 10.2. The Balaban J connectivity index is 2.25. The molecule has 0 heterocycles. The molecule has 0 amide bonds. The normalized spacial score (nSPS) is 12.1. The summed E-state index contributed by atoms with van der Waals surface area (Å²) in [4.78, 5) is 10.6. The van der Waals surface area contributed by atoms with Crippen LogP contribution in [0.3, 0.4) is 0 Å². The van der Waals surface area contributed by atoms with Gasteiger partial charge in [0, 0.05) is 12.7 Å². The third-order valence-corrected chi connectivity index (χ3v) is 3.04. The highest BCUT2D eigenvalue weighted by Crippen LogP contribution is 2.08. The number of hydrogen-bond donors (Lipinski definition) is 0. The zero-order valence-electron chi connectivity index (χ0n) is 11.3. The molecule has 0 aliphatic heterocycles. The molecule has 0 aliphatic rings. The molecule has 0 aromatic heterocycles. The highest BCUT2D eigenvalue weighted by atomic mass is 32.2. The van der Waals surface area contributed by atoms with Gasteiger partial charge in [0.15, 0.2) is 6.79 Å². The van der Waals surface area contributed by atoms with Crippen LogP contribution < -0.4 is 0 Å². The highest BCUT2D eigenvalue weighted by molar-refractivity contribution is 7.98. The predicted molar refractivity (Wildman–Crippen MR) is 76.0 cm³/mol. The molecule has 0 saturated heterocycles. The van der Waals surface area contributed by atoms with Crippen LogP contribution in [0.4, 0.5) is 0 Å². The highest BCUT2D eigenvalue weighted by Gasteiger charge is 2.09. The molecule has 19 heavy (non-hydrogen) atoms. The van der Waals surface area contributed by atoms with Crippen LogP contribution in [0.15, 0.2) is 30.3 Å². The third kappa shape index (κ3) is 7.87. The summed E-state index contributed by atoms with van der Waals surface area (Å²) in [5.74, 6) is 0.499. The second-order valence-corrected chi connectivity index (χ2v) is 4.91. The Kier molecular flexibility index (Phi) is 8.29. The van der Waals surface area contributed by atoms with Crippen molar-refractivity contribution in [2.45, 2.75) is 19.6 Å². The fraction of sp³-hybridized carbons (Fsp3) is 0.500. The first-order valence-corrected chi connectivity index (χ1v) is 7.47. The first kappa shape index (κ1) is 16.0. The predicted octanol–water partition coefficient (Wildman–Crippen LogP) is 2.47. The van der Waals surface area contributed by atoms with Crippen molar-refractivity contribution in [3.8, 4) is 0 Å². The van der Waals surface area contributed by atoms with E-state index in [1.807, 2.05) is 36.6 Å². The second-order valence-electron chi connectivity index (χ2n) is 4.00. The van der Waals surface area contributed by atoms with E-state index >= 15 is 0 Å². The van der Waals surface area contributed by atoms with E-state index < -0.39 is 0 Å². The molecule has 1 aromatic carbocycles. The first-order chi connectivity index (χ1) is 9.22. The van der Waals surface area contributed by atoms with Crippen LogP contribution >= 0.6 is 11.8 Å². The Hall–Kier alpha value is -1.04. The van der Waals surface area contributed by atoms with Crippen molar-refractivity contribution in [2.24, 2.45) is 0 Å². The van der Waals surface area contributed by atoms with Crippen LogP contribution in [-0.4, -0.2) is 37.5 Å². The van der Waals surface area contributed by atoms with Crippen molar-refractivity contribution in [1.29, 1.82) is 0 Å². The van der Waals surface area contributed by atoms with E-state index in [2.05, 4.69) is 0 Å². The molecular weight excluding hydrogens is 264 g/mol. The summed E-state index contributed by atoms with van der Waals surface area (Å²) in [5.41, 5.74) is 1.13. The Labute approximate surface area is 118 Å². The summed E-state index contributed by atoms with van der Waals surface area (Å²) in [7, 11) is 0. The van der Waals surface area contributed by atoms with Crippen molar-refractivity contribution < 1.29 is 19.0 Å². The van der Waals surface area contributed by atoms with Gasteiger partial charge in [-0.15, -0.1) is 0 Å². The van der Waals surface area contributed by atoms with Gasteiger partial charge in [-0.1, -0.05) is 30.3 Å². The topological polar surface area (TPSA) is 44.8 Å². The number of esters is 1. The van der Waals surface area contributed by atoms with Gasteiger partial charge in [-0.3, -0.25) is 4.79 Å². The molecule has 5 heteroatoms. The standard InChI is InChI=1S/C14H20O4S/c1-12(15)18-11-16-9-14(10-19-2)17-8-13-6-4-3-5-7-13/h3-7,14H,8-11H2,1-2H3. The summed E-state index contributed by atoms with van der Waals surface area (Å²) in [6.07, 6.45) is 2.01. The zero-order chi connectivity index (χ0) is 13.9. The van der Waals surface area contributed by atoms with Crippen molar-refractivity contribution in [2.75, 3.05) is 25.4 Å². The molecule has 0 spiro atoms. The average molecular weight is 284 g/mol. The first-order valence-electron chi connectivity index (χ1n) is 6.08. The minimum Gasteiger partial charge on any atom is -0.439 e. The molecule has 1 atom stereocenters. The van der Waals surface area contributed by atoms with E-state index in [1.165, 1.54) is 6.92 Å². The lowest BCUT2D eigenvalue weighted by molar-refractivity contribution is -0.156. The molecule has 1 unspecified atom stereocenters. The third-order valence-electron chi connectivity index (χ3n) is 2.33. The lowest BCUT2D eigenvalue weighted by Crippen LogP contribution is -2.23. The van der Waals surface area contributed by atoms with Gasteiger partial charge in [0.25, 0.3) is 0 Å². The van der Waals surface area contributed by atoms with E-state index in [-0.39, 0.29) is 18.9 Å². The van der Waals surface area contributed by atoms with Gasteiger partial charge in [-0.2, -0.15) is 11.8 Å².